The standard InChI is InChI=1S/C16H23N3O3.ClH/c1-3-5-15(20)18-12-6-4-7-13(11(12)2)19-16(21)14-10-22-9-8-17-14;/h4,6-7,14,17H,3,5,8-10H2,1-2H3,(H,18,20)(H,19,21);1H. The number of halogens is 1. The predicted molar refractivity (Wildman–Crippen MR) is 93.2 cm³/mol. The summed E-state index contributed by atoms with van der Waals surface area (Å²) in [5.41, 5.74) is 2.27. The van der Waals surface area contributed by atoms with Crippen molar-refractivity contribution in [1.82, 2.24) is 5.32 Å². The van der Waals surface area contributed by atoms with Crippen molar-refractivity contribution in [2.24, 2.45) is 0 Å². The Morgan fingerprint density at radius 1 is 1.30 bits per heavy atom. The van der Waals surface area contributed by atoms with Crippen LogP contribution in [-0.4, -0.2) is 37.6 Å². The fourth-order valence-electron chi connectivity index (χ4n) is 2.30. The van der Waals surface area contributed by atoms with Crippen molar-refractivity contribution in [3.63, 3.8) is 0 Å². The second-order valence-corrected chi connectivity index (χ2v) is 5.35. The van der Waals surface area contributed by atoms with E-state index >= 15 is 0 Å². The Morgan fingerprint density at radius 3 is 2.61 bits per heavy atom. The Balaban J connectivity index is 0.00000264. The first kappa shape index (κ1) is 19.4. The van der Waals surface area contributed by atoms with E-state index in [1.54, 1.807) is 0 Å². The molecule has 6 nitrogen and oxygen atoms in total. The SMILES string of the molecule is CCCC(=O)Nc1cccc(NC(=O)C2COCCN2)c1C.Cl. The molecule has 1 unspecified atom stereocenters. The van der Waals surface area contributed by atoms with Crippen LogP contribution in [0.3, 0.4) is 0 Å². The number of morpholine rings is 1. The van der Waals surface area contributed by atoms with Gasteiger partial charge in [0.25, 0.3) is 0 Å². The van der Waals surface area contributed by atoms with E-state index in [0.29, 0.717) is 31.9 Å². The van der Waals surface area contributed by atoms with Gasteiger partial charge in [0.1, 0.15) is 6.04 Å². The maximum Gasteiger partial charge on any atom is 0.243 e. The molecule has 1 saturated heterocycles. The Kier molecular flexibility index (Phi) is 8.02. The van der Waals surface area contributed by atoms with Gasteiger partial charge >= 0.3 is 0 Å². The fourth-order valence-corrected chi connectivity index (χ4v) is 2.30. The maximum absolute atomic E-state index is 12.2. The number of hydrogen-bond acceptors (Lipinski definition) is 4. The second-order valence-electron chi connectivity index (χ2n) is 5.35. The van der Waals surface area contributed by atoms with Gasteiger partial charge in [-0.1, -0.05) is 13.0 Å². The highest BCUT2D eigenvalue weighted by Crippen LogP contribution is 2.23. The van der Waals surface area contributed by atoms with Crippen LogP contribution >= 0.6 is 12.4 Å². The Hall–Kier alpha value is -1.63. The lowest BCUT2D eigenvalue weighted by molar-refractivity contribution is -0.120. The minimum absolute atomic E-state index is 0. The largest absolute Gasteiger partial charge is 0.378 e. The zero-order chi connectivity index (χ0) is 15.9. The highest BCUT2D eigenvalue weighted by molar-refractivity contribution is 5.98. The molecule has 2 rings (SSSR count). The van der Waals surface area contributed by atoms with Crippen molar-refractivity contribution in [3.8, 4) is 0 Å². The Labute approximate surface area is 142 Å². The number of ether oxygens (including phenoxy) is 1. The van der Waals surface area contributed by atoms with Crippen molar-refractivity contribution in [3.05, 3.63) is 23.8 Å². The van der Waals surface area contributed by atoms with E-state index in [9.17, 15) is 9.59 Å². The quantitative estimate of drug-likeness (QED) is 0.766. The summed E-state index contributed by atoms with van der Waals surface area (Å²) in [6.07, 6.45) is 1.29. The molecular weight excluding hydrogens is 318 g/mol. The number of amides is 2. The molecule has 1 aromatic rings. The third kappa shape index (κ3) is 5.49. The van der Waals surface area contributed by atoms with Crippen LogP contribution in [0, 0.1) is 6.92 Å². The third-order valence-electron chi connectivity index (χ3n) is 3.58. The van der Waals surface area contributed by atoms with Crippen LogP contribution in [0.25, 0.3) is 0 Å². The summed E-state index contributed by atoms with van der Waals surface area (Å²) in [6, 6.07) is 5.13. The highest BCUT2D eigenvalue weighted by Gasteiger charge is 2.21. The Morgan fingerprint density at radius 2 is 2.00 bits per heavy atom. The first-order valence-electron chi connectivity index (χ1n) is 7.63. The van der Waals surface area contributed by atoms with Gasteiger partial charge in [-0.05, 0) is 31.0 Å². The van der Waals surface area contributed by atoms with Crippen molar-refractivity contribution in [1.29, 1.82) is 0 Å². The van der Waals surface area contributed by atoms with Gasteiger partial charge < -0.3 is 20.7 Å². The highest BCUT2D eigenvalue weighted by atomic mass is 35.5. The lowest BCUT2D eigenvalue weighted by Gasteiger charge is -2.23. The molecular formula is C16H24ClN3O3. The molecule has 1 heterocycles. The van der Waals surface area contributed by atoms with Gasteiger partial charge in [-0.2, -0.15) is 0 Å². The number of benzene rings is 1. The molecule has 0 bridgehead atoms. The summed E-state index contributed by atoms with van der Waals surface area (Å²) in [6.45, 7) is 5.51. The molecule has 0 saturated carbocycles. The molecule has 128 valence electrons. The average Bonchev–Trinajstić information content (AvgIpc) is 2.52. The van der Waals surface area contributed by atoms with E-state index in [1.807, 2.05) is 32.0 Å². The Bertz CT molecular complexity index is 545. The molecule has 0 aromatic heterocycles. The molecule has 1 fully saturated rings. The van der Waals surface area contributed by atoms with E-state index in [0.717, 1.165) is 17.7 Å². The smallest absolute Gasteiger partial charge is 0.243 e. The van der Waals surface area contributed by atoms with E-state index in [2.05, 4.69) is 16.0 Å². The lowest BCUT2D eigenvalue weighted by atomic mass is 10.1. The molecule has 1 aliphatic rings. The first-order valence-corrected chi connectivity index (χ1v) is 7.63. The molecule has 0 radical (unpaired) electrons. The van der Waals surface area contributed by atoms with Gasteiger partial charge in [-0.3, -0.25) is 9.59 Å². The number of carbonyl (C=O) groups excluding carboxylic acids is 2. The van der Waals surface area contributed by atoms with Crippen molar-refractivity contribution in [2.75, 3.05) is 30.4 Å². The van der Waals surface area contributed by atoms with E-state index in [4.69, 9.17) is 4.74 Å². The fraction of sp³-hybridized carbons (Fsp3) is 0.500. The van der Waals surface area contributed by atoms with Crippen LogP contribution in [-0.2, 0) is 14.3 Å². The van der Waals surface area contributed by atoms with Gasteiger partial charge in [0.15, 0.2) is 0 Å². The topological polar surface area (TPSA) is 79.5 Å². The molecule has 1 atom stereocenters. The van der Waals surface area contributed by atoms with Crippen LogP contribution in [0.1, 0.15) is 25.3 Å². The molecule has 0 aliphatic carbocycles. The summed E-state index contributed by atoms with van der Waals surface area (Å²) >= 11 is 0. The summed E-state index contributed by atoms with van der Waals surface area (Å²) in [5.74, 6) is -0.142. The van der Waals surface area contributed by atoms with Crippen LogP contribution in [0.2, 0.25) is 0 Å². The van der Waals surface area contributed by atoms with E-state index in [-0.39, 0.29) is 30.3 Å². The van der Waals surface area contributed by atoms with Crippen LogP contribution in [0.4, 0.5) is 11.4 Å². The molecule has 0 spiro atoms. The number of anilines is 2. The predicted octanol–water partition coefficient (Wildman–Crippen LogP) is 2.08. The summed E-state index contributed by atoms with van der Waals surface area (Å²) in [7, 11) is 0. The second kappa shape index (κ2) is 9.50. The van der Waals surface area contributed by atoms with E-state index in [1.165, 1.54) is 0 Å². The number of nitrogens with one attached hydrogen (secondary N) is 3. The molecule has 7 heteroatoms. The monoisotopic (exact) mass is 341 g/mol. The van der Waals surface area contributed by atoms with Gasteiger partial charge in [0, 0.05) is 24.3 Å². The first-order chi connectivity index (χ1) is 10.6. The third-order valence-corrected chi connectivity index (χ3v) is 3.58. The zero-order valence-electron chi connectivity index (χ0n) is 13.5. The number of hydrogen-bond donors (Lipinski definition) is 3. The van der Waals surface area contributed by atoms with Gasteiger partial charge in [0.05, 0.1) is 13.2 Å². The normalized spacial score (nSPS) is 17.0. The van der Waals surface area contributed by atoms with Crippen LogP contribution in [0.5, 0.6) is 0 Å². The molecule has 2 amide bonds. The summed E-state index contributed by atoms with van der Waals surface area (Å²) in [4.78, 5) is 23.9. The van der Waals surface area contributed by atoms with Crippen molar-refractivity contribution < 1.29 is 14.3 Å². The molecule has 3 N–H and O–H groups in total. The average molecular weight is 342 g/mol. The maximum atomic E-state index is 12.2. The van der Waals surface area contributed by atoms with Gasteiger partial charge in [-0.25, -0.2) is 0 Å². The van der Waals surface area contributed by atoms with Crippen LogP contribution < -0.4 is 16.0 Å². The van der Waals surface area contributed by atoms with Crippen molar-refractivity contribution >= 4 is 35.6 Å². The zero-order valence-corrected chi connectivity index (χ0v) is 14.3. The molecule has 23 heavy (non-hydrogen) atoms. The minimum Gasteiger partial charge on any atom is -0.378 e. The van der Waals surface area contributed by atoms with E-state index < -0.39 is 0 Å². The number of carbonyl (C=O) groups is 2. The van der Waals surface area contributed by atoms with Gasteiger partial charge in [-0.15, -0.1) is 12.4 Å². The molecule has 1 aromatic carbocycles. The van der Waals surface area contributed by atoms with Gasteiger partial charge in [0.2, 0.25) is 11.8 Å². The number of rotatable bonds is 5. The summed E-state index contributed by atoms with van der Waals surface area (Å²) < 4.78 is 5.29. The molecule has 1 aliphatic heterocycles. The minimum atomic E-state index is -0.341. The lowest BCUT2D eigenvalue weighted by Crippen LogP contribution is -2.48. The van der Waals surface area contributed by atoms with Crippen LogP contribution in [0.15, 0.2) is 18.2 Å². The van der Waals surface area contributed by atoms with Crippen molar-refractivity contribution in [2.45, 2.75) is 32.7 Å². The summed E-state index contributed by atoms with van der Waals surface area (Å²) in [5, 5.41) is 8.88.